The van der Waals surface area contributed by atoms with Gasteiger partial charge in [-0.15, -0.1) is 0 Å². The molecule has 0 saturated heterocycles. The molecule has 0 aromatic heterocycles. The lowest BCUT2D eigenvalue weighted by atomic mass is 9.89. The largest absolute Gasteiger partial charge is 0.480 e. The maximum atomic E-state index is 13.7. The summed E-state index contributed by atoms with van der Waals surface area (Å²) in [6.07, 6.45) is 0. The number of halogens is 2. The first-order valence-electron chi connectivity index (χ1n) is 5.24. The van der Waals surface area contributed by atoms with Crippen LogP contribution in [0.3, 0.4) is 0 Å². The Hall–Kier alpha value is -1.49. The molecule has 0 spiro atoms. The van der Waals surface area contributed by atoms with E-state index >= 15 is 0 Å². The van der Waals surface area contributed by atoms with Crippen LogP contribution in [0.2, 0.25) is 0 Å². The molecule has 1 rings (SSSR count). The van der Waals surface area contributed by atoms with Gasteiger partial charge in [-0.3, -0.25) is 4.90 Å². The average molecular weight is 243 g/mol. The van der Waals surface area contributed by atoms with Gasteiger partial charge in [0.25, 0.3) is 0 Å². The second-order valence-corrected chi connectivity index (χ2v) is 3.99. The third kappa shape index (κ3) is 2.15. The minimum absolute atomic E-state index is 0.358. The smallest absolute Gasteiger partial charge is 0.328 e. The average Bonchev–Trinajstić information content (AvgIpc) is 2.27. The highest BCUT2D eigenvalue weighted by Gasteiger charge is 2.43. The van der Waals surface area contributed by atoms with Crippen LogP contribution in [-0.4, -0.2) is 29.6 Å². The predicted octanol–water partition coefficient (Wildman–Crippen LogP) is 2.22. The first-order chi connectivity index (χ1) is 7.85. The standard InChI is InChI=1S/C12H15F2NO2/c1-4-15(3)12(2,11(16)17)10-8(13)6-5-7-9(10)14/h5-7H,4H2,1-3H3,(H,16,17). The SMILES string of the molecule is CCN(C)C(C)(C(=O)O)c1c(F)cccc1F. The predicted molar refractivity (Wildman–Crippen MR) is 59.6 cm³/mol. The Labute approximate surface area is 98.7 Å². The molecule has 0 heterocycles. The van der Waals surface area contributed by atoms with Gasteiger partial charge in [0.2, 0.25) is 0 Å². The topological polar surface area (TPSA) is 40.5 Å². The number of carboxylic acids is 1. The molecule has 0 fully saturated rings. The fourth-order valence-electron chi connectivity index (χ4n) is 1.74. The van der Waals surface area contributed by atoms with Gasteiger partial charge in [0.15, 0.2) is 0 Å². The summed E-state index contributed by atoms with van der Waals surface area (Å²) in [6, 6.07) is 3.33. The number of carbonyl (C=O) groups is 1. The van der Waals surface area contributed by atoms with Crippen molar-refractivity contribution in [2.75, 3.05) is 13.6 Å². The Bertz CT molecular complexity index is 416. The summed E-state index contributed by atoms with van der Waals surface area (Å²) in [7, 11) is 1.51. The number of benzene rings is 1. The lowest BCUT2D eigenvalue weighted by Gasteiger charge is -2.35. The van der Waals surface area contributed by atoms with Gasteiger partial charge in [0.1, 0.15) is 17.2 Å². The van der Waals surface area contributed by atoms with E-state index in [-0.39, 0.29) is 0 Å². The van der Waals surface area contributed by atoms with Crippen molar-refractivity contribution in [1.82, 2.24) is 4.90 Å². The molecular weight excluding hydrogens is 228 g/mol. The van der Waals surface area contributed by atoms with Crippen LogP contribution in [0.4, 0.5) is 8.78 Å². The lowest BCUT2D eigenvalue weighted by molar-refractivity contribution is -0.150. The van der Waals surface area contributed by atoms with Gasteiger partial charge in [0, 0.05) is 0 Å². The zero-order chi connectivity index (χ0) is 13.2. The van der Waals surface area contributed by atoms with Crippen LogP contribution < -0.4 is 0 Å². The van der Waals surface area contributed by atoms with Crippen LogP contribution in [0.15, 0.2) is 18.2 Å². The lowest BCUT2D eigenvalue weighted by Crippen LogP contribution is -2.48. The summed E-state index contributed by atoms with van der Waals surface area (Å²) in [6.45, 7) is 3.37. The van der Waals surface area contributed by atoms with Crippen molar-refractivity contribution in [3.63, 3.8) is 0 Å². The summed E-state index contributed by atoms with van der Waals surface area (Å²) in [5, 5.41) is 9.26. The molecule has 1 aromatic rings. The molecule has 0 aliphatic heterocycles. The van der Waals surface area contributed by atoms with Crippen molar-refractivity contribution in [3.05, 3.63) is 35.4 Å². The Balaban J connectivity index is 3.48. The first-order valence-corrected chi connectivity index (χ1v) is 5.24. The van der Waals surface area contributed by atoms with E-state index in [2.05, 4.69) is 0 Å². The molecule has 1 aromatic carbocycles. The zero-order valence-electron chi connectivity index (χ0n) is 10.00. The van der Waals surface area contributed by atoms with E-state index in [4.69, 9.17) is 0 Å². The van der Waals surface area contributed by atoms with Crippen molar-refractivity contribution in [2.45, 2.75) is 19.4 Å². The molecule has 1 atom stereocenters. The van der Waals surface area contributed by atoms with E-state index in [9.17, 15) is 18.7 Å². The summed E-state index contributed by atoms with van der Waals surface area (Å²) >= 11 is 0. The molecule has 0 aliphatic carbocycles. The van der Waals surface area contributed by atoms with Crippen LogP contribution in [0.25, 0.3) is 0 Å². The Morgan fingerprint density at radius 1 is 1.41 bits per heavy atom. The fraction of sp³-hybridized carbons (Fsp3) is 0.417. The third-order valence-corrected chi connectivity index (χ3v) is 3.10. The fourth-order valence-corrected chi connectivity index (χ4v) is 1.74. The van der Waals surface area contributed by atoms with E-state index in [1.54, 1.807) is 6.92 Å². The van der Waals surface area contributed by atoms with Crippen molar-refractivity contribution < 1.29 is 18.7 Å². The van der Waals surface area contributed by atoms with Crippen LogP contribution in [0.1, 0.15) is 19.4 Å². The van der Waals surface area contributed by atoms with Gasteiger partial charge in [-0.25, -0.2) is 13.6 Å². The van der Waals surface area contributed by atoms with Crippen LogP contribution in [-0.2, 0) is 10.3 Å². The van der Waals surface area contributed by atoms with Crippen LogP contribution in [0.5, 0.6) is 0 Å². The first kappa shape index (κ1) is 13.6. The Morgan fingerprint density at radius 3 is 2.24 bits per heavy atom. The van der Waals surface area contributed by atoms with E-state index in [1.807, 2.05) is 0 Å². The number of likely N-dealkylation sites (N-methyl/N-ethyl adjacent to an activating group) is 1. The summed E-state index contributed by atoms with van der Waals surface area (Å²) < 4.78 is 27.3. The van der Waals surface area contributed by atoms with Crippen molar-refractivity contribution in [3.8, 4) is 0 Å². The number of hydrogen-bond acceptors (Lipinski definition) is 2. The van der Waals surface area contributed by atoms with Gasteiger partial charge < -0.3 is 5.11 Å². The van der Waals surface area contributed by atoms with Gasteiger partial charge in [-0.1, -0.05) is 13.0 Å². The van der Waals surface area contributed by atoms with Crippen molar-refractivity contribution in [1.29, 1.82) is 0 Å². The van der Waals surface area contributed by atoms with Gasteiger partial charge in [-0.05, 0) is 32.6 Å². The second kappa shape index (κ2) is 4.79. The highest BCUT2D eigenvalue weighted by atomic mass is 19.1. The molecule has 1 N–H and O–H groups in total. The number of nitrogens with zero attached hydrogens (tertiary/aromatic N) is 1. The molecule has 0 aliphatic rings. The Morgan fingerprint density at radius 2 is 1.88 bits per heavy atom. The molecule has 3 nitrogen and oxygen atoms in total. The second-order valence-electron chi connectivity index (χ2n) is 3.99. The quantitative estimate of drug-likeness (QED) is 0.881. The Kier molecular flexibility index (Phi) is 3.83. The molecule has 0 bridgehead atoms. The molecule has 0 amide bonds. The number of carboxylic acid groups (broad SMARTS) is 1. The molecule has 0 saturated carbocycles. The van der Waals surface area contributed by atoms with Gasteiger partial charge in [0.05, 0.1) is 5.56 Å². The van der Waals surface area contributed by atoms with Crippen LogP contribution >= 0.6 is 0 Å². The normalized spacial score (nSPS) is 14.7. The molecular formula is C12H15F2NO2. The van der Waals surface area contributed by atoms with E-state index in [0.717, 1.165) is 12.1 Å². The van der Waals surface area contributed by atoms with E-state index in [1.165, 1.54) is 24.9 Å². The minimum Gasteiger partial charge on any atom is -0.480 e. The van der Waals surface area contributed by atoms with E-state index in [0.29, 0.717) is 6.54 Å². The van der Waals surface area contributed by atoms with Gasteiger partial charge >= 0.3 is 5.97 Å². The van der Waals surface area contributed by atoms with Crippen LogP contribution in [0, 0.1) is 11.6 Å². The summed E-state index contributed by atoms with van der Waals surface area (Å²) in [5.41, 5.74) is -2.15. The maximum absolute atomic E-state index is 13.7. The molecule has 5 heteroatoms. The number of rotatable bonds is 4. The van der Waals surface area contributed by atoms with Crippen molar-refractivity contribution in [2.24, 2.45) is 0 Å². The van der Waals surface area contributed by atoms with Gasteiger partial charge in [-0.2, -0.15) is 0 Å². The minimum atomic E-state index is -1.72. The molecule has 1 unspecified atom stereocenters. The monoisotopic (exact) mass is 243 g/mol. The molecule has 17 heavy (non-hydrogen) atoms. The highest BCUT2D eigenvalue weighted by Crippen LogP contribution is 2.31. The summed E-state index contributed by atoms with van der Waals surface area (Å²) in [5.74, 6) is -2.99. The van der Waals surface area contributed by atoms with E-state index < -0.39 is 28.7 Å². The maximum Gasteiger partial charge on any atom is 0.328 e. The number of aliphatic carboxylic acids is 1. The zero-order valence-corrected chi connectivity index (χ0v) is 10.00. The summed E-state index contributed by atoms with van der Waals surface area (Å²) in [4.78, 5) is 12.7. The molecule has 94 valence electrons. The number of hydrogen-bond donors (Lipinski definition) is 1. The third-order valence-electron chi connectivity index (χ3n) is 3.10. The van der Waals surface area contributed by atoms with Crippen molar-refractivity contribution >= 4 is 5.97 Å². The highest BCUT2D eigenvalue weighted by molar-refractivity contribution is 5.80. The molecule has 0 radical (unpaired) electrons.